The smallest absolute Gasteiger partial charge is 0.416 e. The maximum Gasteiger partial charge on any atom is 0.416 e. The number of hydrogen-bond acceptors (Lipinski definition) is 4. The van der Waals surface area contributed by atoms with E-state index in [9.17, 15) is 31.1 Å². The van der Waals surface area contributed by atoms with Crippen molar-refractivity contribution < 1.29 is 35.9 Å². The molecule has 1 fully saturated rings. The number of nitrogens with one attached hydrogen (secondary N) is 3. The minimum Gasteiger partial charge on any atom is -0.497 e. The molecule has 226 valence electrons. The van der Waals surface area contributed by atoms with Gasteiger partial charge in [-0.15, -0.1) is 6.58 Å². The number of benzene rings is 2. The third kappa shape index (κ3) is 7.33. The number of carbonyl (C=O) groups is 1. The molecule has 3 N–H and O–H groups in total. The van der Waals surface area contributed by atoms with Crippen molar-refractivity contribution in [1.29, 1.82) is 0 Å². The highest BCUT2D eigenvalue weighted by atomic mass is 19.4. The molecule has 1 aromatic heterocycles. The largest absolute Gasteiger partial charge is 0.497 e. The highest BCUT2D eigenvalue weighted by Gasteiger charge is 2.37. The number of hydrogen-bond donors (Lipinski definition) is 3. The average molecular weight is 595 g/mol. The average Bonchev–Trinajstić information content (AvgIpc) is 2.94. The predicted molar refractivity (Wildman–Crippen MR) is 148 cm³/mol. The summed E-state index contributed by atoms with van der Waals surface area (Å²) in [4.78, 5) is 17.6. The van der Waals surface area contributed by atoms with Crippen LogP contribution in [0, 0.1) is 17.8 Å². The lowest BCUT2D eigenvalue weighted by atomic mass is 9.77. The molecule has 0 saturated carbocycles. The number of fused-ring (bicyclic) bond motifs is 1. The first-order valence-electron chi connectivity index (χ1n) is 13.4. The van der Waals surface area contributed by atoms with Crippen molar-refractivity contribution in [1.82, 2.24) is 15.6 Å². The molecule has 2 amide bonds. The van der Waals surface area contributed by atoms with Crippen molar-refractivity contribution >= 4 is 22.6 Å². The Morgan fingerprint density at radius 2 is 1.81 bits per heavy atom. The number of piperidine rings is 1. The number of carbonyl (C=O) groups excluding carboxylic acids is 1. The second kappa shape index (κ2) is 12.6. The molecule has 2 unspecified atom stereocenters. The number of alkyl halides is 6. The van der Waals surface area contributed by atoms with E-state index in [4.69, 9.17) is 4.74 Å². The lowest BCUT2D eigenvalue weighted by Crippen LogP contribution is -2.39. The number of nitrogens with zero attached hydrogens (tertiary/aromatic N) is 1. The molecule has 12 heteroatoms. The Labute approximate surface area is 239 Å². The number of urea groups is 1. The van der Waals surface area contributed by atoms with Crippen LogP contribution in [0.1, 0.15) is 42.5 Å². The fourth-order valence-corrected chi connectivity index (χ4v) is 5.53. The second-order valence-corrected chi connectivity index (χ2v) is 10.5. The maximum absolute atomic E-state index is 13.4. The van der Waals surface area contributed by atoms with Crippen LogP contribution in [0.4, 0.5) is 36.8 Å². The first-order valence-corrected chi connectivity index (χ1v) is 13.4. The molecule has 0 aliphatic carbocycles. The number of methoxy groups -OCH3 is 1. The summed E-state index contributed by atoms with van der Waals surface area (Å²) in [5.74, 6) is 0.828. The Morgan fingerprint density at radius 1 is 1.12 bits per heavy atom. The summed E-state index contributed by atoms with van der Waals surface area (Å²) in [6.45, 7) is 7.49. The van der Waals surface area contributed by atoms with Gasteiger partial charge in [0.15, 0.2) is 0 Å². The molecule has 42 heavy (non-hydrogen) atoms. The number of pyridine rings is 1. The molecular weight excluding hydrogens is 562 g/mol. The van der Waals surface area contributed by atoms with Gasteiger partial charge < -0.3 is 20.7 Å². The maximum atomic E-state index is 13.4. The van der Waals surface area contributed by atoms with Gasteiger partial charge in [0.2, 0.25) is 0 Å². The third-order valence-electron chi connectivity index (χ3n) is 7.67. The van der Waals surface area contributed by atoms with Crippen molar-refractivity contribution in [2.75, 3.05) is 25.5 Å². The fraction of sp³-hybridized carbons (Fsp3) is 0.400. The molecule has 1 aliphatic rings. The topological polar surface area (TPSA) is 75.3 Å². The van der Waals surface area contributed by atoms with Gasteiger partial charge in [-0.1, -0.05) is 13.0 Å². The zero-order chi connectivity index (χ0) is 30.7. The first kappa shape index (κ1) is 31.1. The molecule has 3 aromatic rings. The third-order valence-corrected chi connectivity index (χ3v) is 7.67. The Balaban J connectivity index is 1.69. The van der Waals surface area contributed by atoms with Crippen LogP contribution in [-0.4, -0.2) is 31.2 Å². The molecule has 2 heterocycles. The number of halogens is 6. The van der Waals surface area contributed by atoms with E-state index in [-0.39, 0.29) is 23.8 Å². The fourth-order valence-electron chi connectivity index (χ4n) is 5.53. The van der Waals surface area contributed by atoms with Crippen molar-refractivity contribution in [2.24, 2.45) is 17.8 Å². The van der Waals surface area contributed by atoms with Crippen LogP contribution in [0.3, 0.4) is 0 Å². The van der Waals surface area contributed by atoms with Crippen LogP contribution in [-0.2, 0) is 12.4 Å². The SMILES string of the molecule is C=CC1CNCCC1C[C@H](C)[C@@H](NC(=O)Nc1cc(C(F)(F)F)cc(C(F)(F)F)c1)c1ccnc2ccc(OC)cc12. The summed E-state index contributed by atoms with van der Waals surface area (Å²) in [6, 6.07) is 6.37. The highest BCUT2D eigenvalue weighted by molar-refractivity contribution is 5.91. The minimum atomic E-state index is -5.04. The number of anilines is 1. The standard InChI is InChI=1S/C30H32F6N4O2/c1-4-18-16-37-9-7-19(18)11-17(2)27(24-8-10-38-26-6-5-23(42-3)15-25(24)26)40-28(41)39-22-13-20(29(31,32)33)12-21(14-22)30(34,35)36/h4-6,8,10,12-15,17-19,27,37H,1,7,9,11,16H2,2-3H3,(H2,39,40,41)/t17-,18?,19?,27+/m0/s1. The lowest BCUT2D eigenvalue weighted by molar-refractivity contribution is -0.143. The normalized spacial score (nSPS) is 19.1. The van der Waals surface area contributed by atoms with E-state index < -0.39 is 41.2 Å². The summed E-state index contributed by atoms with van der Waals surface area (Å²) in [6.07, 6.45) is -5.04. The quantitative estimate of drug-likeness (QED) is 0.186. The minimum absolute atomic E-state index is 0.0134. The van der Waals surface area contributed by atoms with Crippen molar-refractivity contribution in [3.05, 3.63) is 78.0 Å². The molecule has 0 radical (unpaired) electrons. The first-order chi connectivity index (χ1) is 19.8. The second-order valence-electron chi connectivity index (χ2n) is 10.5. The van der Waals surface area contributed by atoms with Crippen LogP contribution in [0.25, 0.3) is 10.9 Å². The Morgan fingerprint density at radius 3 is 2.43 bits per heavy atom. The Kier molecular flexibility index (Phi) is 9.34. The van der Waals surface area contributed by atoms with Gasteiger partial charge in [-0.2, -0.15) is 26.3 Å². The summed E-state index contributed by atoms with van der Waals surface area (Å²) in [5.41, 5.74) is -2.36. The van der Waals surface area contributed by atoms with E-state index in [1.54, 1.807) is 30.5 Å². The molecule has 0 bridgehead atoms. The molecule has 1 aliphatic heterocycles. The van der Waals surface area contributed by atoms with E-state index in [1.165, 1.54) is 7.11 Å². The highest BCUT2D eigenvalue weighted by Crippen LogP contribution is 2.39. The number of amides is 2. The van der Waals surface area contributed by atoms with Crippen molar-refractivity contribution in [3.63, 3.8) is 0 Å². The number of aromatic nitrogens is 1. The van der Waals surface area contributed by atoms with Crippen molar-refractivity contribution in [3.8, 4) is 5.75 Å². The van der Waals surface area contributed by atoms with Crippen LogP contribution in [0.5, 0.6) is 5.75 Å². The Bertz CT molecular complexity index is 1390. The monoisotopic (exact) mass is 594 g/mol. The van der Waals surface area contributed by atoms with E-state index in [1.807, 2.05) is 13.0 Å². The Hall–Kier alpha value is -3.80. The van der Waals surface area contributed by atoms with Gasteiger partial charge in [-0.25, -0.2) is 4.79 Å². The molecule has 2 aromatic carbocycles. The van der Waals surface area contributed by atoms with Crippen molar-refractivity contribution in [2.45, 2.75) is 38.2 Å². The van der Waals surface area contributed by atoms with E-state index in [0.29, 0.717) is 40.8 Å². The summed E-state index contributed by atoms with van der Waals surface area (Å²) >= 11 is 0. The van der Waals surface area contributed by atoms with Crippen LogP contribution in [0.15, 0.2) is 61.3 Å². The van der Waals surface area contributed by atoms with E-state index in [0.717, 1.165) is 19.5 Å². The molecule has 4 atom stereocenters. The van der Waals surface area contributed by atoms with Gasteiger partial charge in [0.05, 0.1) is 29.8 Å². The zero-order valence-corrected chi connectivity index (χ0v) is 23.1. The molecular formula is C30H32F6N4O2. The van der Waals surface area contributed by atoms with Crippen LogP contribution >= 0.6 is 0 Å². The van der Waals surface area contributed by atoms with Crippen LogP contribution in [0.2, 0.25) is 0 Å². The van der Waals surface area contributed by atoms with Gasteiger partial charge in [0.1, 0.15) is 5.75 Å². The van der Waals surface area contributed by atoms with E-state index in [2.05, 4.69) is 27.5 Å². The van der Waals surface area contributed by atoms with Gasteiger partial charge >= 0.3 is 18.4 Å². The summed E-state index contributed by atoms with van der Waals surface area (Å²) in [5, 5.41) is 9.06. The molecule has 4 rings (SSSR count). The molecule has 1 saturated heterocycles. The lowest BCUT2D eigenvalue weighted by Gasteiger charge is -2.35. The van der Waals surface area contributed by atoms with Gasteiger partial charge in [-0.05, 0) is 85.2 Å². The summed E-state index contributed by atoms with van der Waals surface area (Å²) in [7, 11) is 1.51. The number of rotatable bonds is 8. The number of ether oxygens (including phenoxy) is 1. The summed E-state index contributed by atoms with van der Waals surface area (Å²) < 4.78 is 85.7. The predicted octanol–water partition coefficient (Wildman–Crippen LogP) is 7.58. The zero-order valence-electron chi connectivity index (χ0n) is 23.1. The van der Waals surface area contributed by atoms with Gasteiger partial charge in [0, 0.05) is 23.8 Å². The van der Waals surface area contributed by atoms with Gasteiger partial charge in [0.25, 0.3) is 0 Å². The van der Waals surface area contributed by atoms with Crippen LogP contribution < -0.4 is 20.7 Å². The molecule has 0 spiro atoms. The molecule has 6 nitrogen and oxygen atoms in total. The van der Waals surface area contributed by atoms with Gasteiger partial charge in [-0.3, -0.25) is 4.98 Å². The van der Waals surface area contributed by atoms with E-state index >= 15 is 0 Å².